The van der Waals surface area contributed by atoms with Crippen LogP contribution < -0.4 is 4.74 Å². The molecule has 0 fully saturated rings. The van der Waals surface area contributed by atoms with Crippen molar-refractivity contribution in [2.24, 2.45) is 0 Å². The number of ether oxygens (including phenoxy) is 1. The van der Waals surface area contributed by atoms with Gasteiger partial charge in [-0.3, -0.25) is 9.78 Å². The topological polar surface area (TPSA) is 42.4 Å². The molecule has 1 aromatic rings. The lowest BCUT2D eigenvalue weighted by Gasteiger charge is -2.23. The van der Waals surface area contributed by atoms with Crippen molar-refractivity contribution in [1.82, 2.24) is 9.88 Å². The van der Waals surface area contributed by atoms with Crippen LogP contribution in [0.15, 0.2) is 12.3 Å². The van der Waals surface area contributed by atoms with Crippen LogP contribution in [-0.4, -0.2) is 42.2 Å². The molecule has 7 heteroatoms. The molecule has 0 atom stereocenters. The Morgan fingerprint density at radius 1 is 1.47 bits per heavy atom. The number of halogens is 3. The number of hydrogen-bond donors (Lipinski definition) is 0. The maximum absolute atomic E-state index is 12.4. The summed E-state index contributed by atoms with van der Waals surface area (Å²) in [7, 11) is 1.34. The molecule has 0 radical (unpaired) electrons. The van der Waals surface area contributed by atoms with E-state index in [0.29, 0.717) is 5.69 Å². The Labute approximate surface area is 109 Å². The number of amides is 1. The van der Waals surface area contributed by atoms with Crippen molar-refractivity contribution < 1.29 is 22.7 Å². The Morgan fingerprint density at radius 2 is 2.11 bits per heavy atom. The molecule has 0 saturated carbocycles. The Bertz CT molecular complexity index is 461. The average molecular weight is 276 g/mol. The number of aromatic nitrogens is 1. The highest BCUT2D eigenvalue weighted by Gasteiger charge is 2.33. The van der Waals surface area contributed by atoms with Crippen LogP contribution in [0.4, 0.5) is 13.2 Å². The molecule has 0 unspecified atom stereocenters. The molecule has 19 heavy (non-hydrogen) atoms. The quantitative estimate of drug-likeness (QED) is 0.848. The molecule has 0 aliphatic rings. The number of aryl methyl sites for hydroxylation is 1. The standard InChI is InChI=1S/C12H15F3N2O2/c1-4-17(7-12(13,14)15)11(18)9-5-8(2)16-6-10(9)19-3/h5-6H,4,7H2,1-3H3. The van der Waals surface area contributed by atoms with E-state index in [1.807, 2.05) is 0 Å². The second-order valence-corrected chi connectivity index (χ2v) is 3.96. The number of methoxy groups -OCH3 is 1. The van der Waals surface area contributed by atoms with Crippen molar-refractivity contribution in [3.8, 4) is 5.75 Å². The van der Waals surface area contributed by atoms with E-state index in [-0.39, 0.29) is 17.9 Å². The van der Waals surface area contributed by atoms with Gasteiger partial charge in [0.05, 0.1) is 18.9 Å². The highest BCUT2D eigenvalue weighted by atomic mass is 19.4. The van der Waals surface area contributed by atoms with Gasteiger partial charge in [-0.2, -0.15) is 13.2 Å². The largest absolute Gasteiger partial charge is 0.494 e. The van der Waals surface area contributed by atoms with Gasteiger partial charge < -0.3 is 9.64 Å². The monoisotopic (exact) mass is 276 g/mol. The normalized spacial score (nSPS) is 11.3. The lowest BCUT2D eigenvalue weighted by atomic mass is 10.2. The van der Waals surface area contributed by atoms with Crippen LogP contribution in [0, 0.1) is 6.92 Å². The maximum Gasteiger partial charge on any atom is 0.406 e. The first-order chi connectivity index (χ1) is 8.78. The van der Waals surface area contributed by atoms with Gasteiger partial charge in [-0.25, -0.2) is 0 Å². The van der Waals surface area contributed by atoms with E-state index in [0.717, 1.165) is 4.90 Å². The highest BCUT2D eigenvalue weighted by Crippen LogP contribution is 2.22. The van der Waals surface area contributed by atoms with Gasteiger partial charge in [0.25, 0.3) is 5.91 Å². The van der Waals surface area contributed by atoms with Gasteiger partial charge in [0, 0.05) is 12.2 Å². The second kappa shape index (κ2) is 5.90. The zero-order valence-electron chi connectivity index (χ0n) is 10.9. The number of hydrogen-bond acceptors (Lipinski definition) is 3. The number of carbonyl (C=O) groups is 1. The molecule has 1 amide bonds. The predicted molar refractivity (Wildman–Crippen MR) is 63.2 cm³/mol. The van der Waals surface area contributed by atoms with E-state index in [1.54, 1.807) is 6.92 Å². The van der Waals surface area contributed by atoms with Gasteiger partial charge in [-0.05, 0) is 19.9 Å². The Hall–Kier alpha value is -1.79. The molecule has 0 aliphatic heterocycles. The van der Waals surface area contributed by atoms with Crippen molar-refractivity contribution in [2.45, 2.75) is 20.0 Å². The van der Waals surface area contributed by atoms with E-state index in [1.165, 1.54) is 26.3 Å². The molecule has 0 spiro atoms. The summed E-state index contributed by atoms with van der Waals surface area (Å²) in [5, 5.41) is 0. The van der Waals surface area contributed by atoms with E-state index in [4.69, 9.17) is 4.74 Å². The number of carbonyl (C=O) groups excluding carboxylic acids is 1. The van der Waals surface area contributed by atoms with Crippen LogP contribution in [-0.2, 0) is 0 Å². The Balaban J connectivity index is 3.06. The van der Waals surface area contributed by atoms with E-state index in [9.17, 15) is 18.0 Å². The summed E-state index contributed by atoms with van der Waals surface area (Å²) in [6.07, 6.45) is -3.11. The molecule has 1 rings (SSSR count). The summed E-state index contributed by atoms with van der Waals surface area (Å²) < 4.78 is 42.1. The molecular formula is C12H15F3N2O2. The molecular weight excluding hydrogens is 261 g/mol. The molecule has 1 heterocycles. The number of alkyl halides is 3. The van der Waals surface area contributed by atoms with Crippen molar-refractivity contribution in [1.29, 1.82) is 0 Å². The minimum Gasteiger partial charge on any atom is -0.494 e. The Kier molecular flexibility index (Phi) is 4.74. The number of nitrogens with zero attached hydrogens (tertiary/aromatic N) is 2. The molecule has 106 valence electrons. The number of rotatable bonds is 4. The van der Waals surface area contributed by atoms with Gasteiger partial charge in [0.15, 0.2) is 0 Å². The fourth-order valence-corrected chi connectivity index (χ4v) is 1.59. The van der Waals surface area contributed by atoms with Gasteiger partial charge >= 0.3 is 6.18 Å². The summed E-state index contributed by atoms with van der Waals surface area (Å²) in [6, 6.07) is 1.42. The molecule has 0 aromatic carbocycles. The summed E-state index contributed by atoms with van der Waals surface area (Å²) in [5.74, 6) is -0.557. The predicted octanol–water partition coefficient (Wildman–Crippen LogP) is 2.42. The fourth-order valence-electron chi connectivity index (χ4n) is 1.59. The minimum atomic E-state index is -4.43. The zero-order chi connectivity index (χ0) is 14.6. The second-order valence-electron chi connectivity index (χ2n) is 3.96. The van der Waals surface area contributed by atoms with E-state index in [2.05, 4.69) is 4.98 Å². The van der Waals surface area contributed by atoms with Crippen molar-refractivity contribution in [2.75, 3.05) is 20.2 Å². The maximum atomic E-state index is 12.4. The molecule has 0 N–H and O–H groups in total. The van der Waals surface area contributed by atoms with Gasteiger partial charge in [-0.1, -0.05) is 0 Å². The van der Waals surface area contributed by atoms with Gasteiger partial charge in [-0.15, -0.1) is 0 Å². The van der Waals surface area contributed by atoms with Crippen LogP contribution in [0.5, 0.6) is 5.75 Å². The molecule has 0 saturated heterocycles. The fraction of sp³-hybridized carbons (Fsp3) is 0.500. The number of pyridine rings is 1. The Morgan fingerprint density at radius 3 is 2.58 bits per heavy atom. The average Bonchev–Trinajstić information content (AvgIpc) is 2.34. The lowest BCUT2D eigenvalue weighted by molar-refractivity contribution is -0.140. The minimum absolute atomic E-state index is 0.0388. The highest BCUT2D eigenvalue weighted by molar-refractivity contribution is 5.97. The summed E-state index contributed by atoms with van der Waals surface area (Å²) in [6.45, 7) is 1.82. The molecule has 1 aromatic heterocycles. The van der Waals surface area contributed by atoms with Crippen molar-refractivity contribution in [3.63, 3.8) is 0 Å². The third kappa shape index (κ3) is 4.11. The van der Waals surface area contributed by atoms with Crippen LogP contribution in [0.2, 0.25) is 0 Å². The first kappa shape index (κ1) is 15.3. The lowest BCUT2D eigenvalue weighted by Crippen LogP contribution is -2.39. The zero-order valence-corrected chi connectivity index (χ0v) is 10.9. The first-order valence-electron chi connectivity index (χ1n) is 5.65. The third-order valence-corrected chi connectivity index (χ3v) is 2.49. The van der Waals surface area contributed by atoms with E-state index >= 15 is 0 Å². The van der Waals surface area contributed by atoms with Gasteiger partial charge in [0.2, 0.25) is 0 Å². The summed E-state index contributed by atoms with van der Waals surface area (Å²) >= 11 is 0. The molecule has 4 nitrogen and oxygen atoms in total. The summed E-state index contributed by atoms with van der Waals surface area (Å²) in [4.78, 5) is 16.8. The smallest absolute Gasteiger partial charge is 0.406 e. The van der Waals surface area contributed by atoms with Crippen LogP contribution in [0.3, 0.4) is 0 Å². The first-order valence-corrected chi connectivity index (χ1v) is 5.65. The van der Waals surface area contributed by atoms with E-state index < -0.39 is 18.6 Å². The van der Waals surface area contributed by atoms with Crippen LogP contribution in [0.1, 0.15) is 23.0 Å². The van der Waals surface area contributed by atoms with Crippen LogP contribution >= 0.6 is 0 Å². The van der Waals surface area contributed by atoms with Crippen molar-refractivity contribution in [3.05, 3.63) is 23.5 Å². The molecule has 0 bridgehead atoms. The van der Waals surface area contributed by atoms with Crippen LogP contribution in [0.25, 0.3) is 0 Å². The third-order valence-electron chi connectivity index (χ3n) is 2.49. The van der Waals surface area contributed by atoms with Crippen molar-refractivity contribution >= 4 is 5.91 Å². The summed E-state index contributed by atoms with van der Waals surface area (Å²) in [5.41, 5.74) is 0.619. The molecule has 0 aliphatic carbocycles. The SMILES string of the molecule is CCN(CC(F)(F)F)C(=O)c1cc(C)ncc1OC. The van der Waals surface area contributed by atoms with Gasteiger partial charge in [0.1, 0.15) is 12.3 Å².